The predicted octanol–water partition coefficient (Wildman–Crippen LogP) is 2.03. The topological polar surface area (TPSA) is 25.1 Å². The second-order valence-corrected chi connectivity index (χ2v) is 6.54. The molecule has 82 valence electrons. The fourth-order valence-corrected chi connectivity index (χ4v) is 3.46. The molecule has 0 saturated carbocycles. The molecule has 14 heavy (non-hydrogen) atoms. The van der Waals surface area contributed by atoms with Crippen molar-refractivity contribution in [1.29, 1.82) is 0 Å². The van der Waals surface area contributed by atoms with Crippen LogP contribution in [0.25, 0.3) is 0 Å². The van der Waals surface area contributed by atoms with Crippen molar-refractivity contribution in [3.63, 3.8) is 0 Å². The Balaban J connectivity index is 1.38. The van der Waals surface area contributed by atoms with Crippen LogP contribution >= 0.6 is 23.5 Å². The summed E-state index contributed by atoms with van der Waals surface area (Å²) in [4.78, 5) is 0. The molecule has 2 aliphatic heterocycles. The third-order valence-electron chi connectivity index (χ3n) is 2.34. The van der Waals surface area contributed by atoms with E-state index in [4.69, 9.17) is 9.47 Å². The number of ether oxygens (including phenoxy) is 2. The van der Waals surface area contributed by atoms with Gasteiger partial charge in [0.2, 0.25) is 0 Å². The lowest BCUT2D eigenvalue weighted by molar-refractivity contribution is 0.426. The standard InChI is InChI=1S/C10H18O2S2/c1-8(14-7-10-5-12-10)2-3-13-6-9-4-11-9/h8-10H,2-7H2,1H3. The van der Waals surface area contributed by atoms with E-state index in [9.17, 15) is 0 Å². The first-order valence-electron chi connectivity index (χ1n) is 5.27. The van der Waals surface area contributed by atoms with Crippen LogP contribution in [0.15, 0.2) is 0 Å². The van der Waals surface area contributed by atoms with Crippen LogP contribution in [-0.4, -0.2) is 47.9 Å². The maximum atomic E-state index is 5.18. The smallest absolute Gasteiger partial charge is 0.0900 e. The third-order valence-corrected chi connectivity index (χ3v) is 4.84. The van der Waals surface area contributed by atoms with Gasteiger partial charge in [-0.2, -0.15) is 23.5 Å². The molecule has 3 atom stereocenters. The zero-order chi connectivity index (χ0) is 9.80. The van der Waals surface area contributed by atoms with Crippen LogP contribution in [0.2, 0.25) is 0 Å². The fraction of sp³-hybridized carbons (Fsp3) is 1.00. The van der Waals surface area contributed by atoms with E-state index in [0.717, 1.165) is 18.5 Å². The minimum Gasteiger partial charge on any atom is -0.372 e. The van der Waals surface area contributed by atoms with Crippen molar-refractivity contribution in [2.24, 2.45) is 0 Å². The van der Waals surface area contributed by atoms with Gasteiger partial charge in [-0.25, -0.2) is 0 Å². The Hall–Kier alpha value is 0.620. The first kappa shape index (κ1) is 11.1. The molecule has 2 aliphatic rings. The maximum absolute atomic E-state index is 5.18. The van der Waals surface area contributed by atoms with Crippen LogP contribution in [0.5, 0.6) is 0 Å². The van der Waals surface area contributed by atoms with Gasteiger partial charge in [0, 0.05) is 16.8 Å². The Morgan fingerprint density at radius 2 is 1.86 bits per heavy atom. The van der Waals surface area contributed by atoms with Gasteiger partial charge in [-0.05, 0) is 12.2 Å². The zero-order valence-electron chi connectivity index (χ0n) is 8.61. The first-order chi connectivity index (χ1) is 6.84. The van der Waals surface area contributed by atoms with Gasteiger partial charge in [0.25, 0.3) is 0 Å². The molecule has 3 unspecified atom stereocenters. The maximum Gasteiger partial charge on any atom is 0.0900 e. The number of hydrogen-bond donors (Lipinski definition) is 0. The molecule has 4 heteroatoms. The Bertz CT molecular complexity index is 170. The van der Waals surface area contributed by atoms with Crippen molar-refractivity contribution < 1.29 is 9.47 Å². The molecule has 0 N–H and O–H groups in total. The molecule has 0 aromatic rings. The first-order valence-corrected chi connectivity index (χ1v) is 7.47. The molecule has 0 spiro atoms. The minimum absolute atomic E-state index is 0.579. The summed E-state index contributed by atoms with van der Waals surface area (Å²) in [6, 6.07) is 0. The summed E-state index contributed by atoms with van der Waals surface area (Å²) in [6.45, 7) is 4.31. The molecule has 2 rings (SSSR count). The Morgan fingerprint density at radius 3 is 2.50 bits per heavy atom. The summed E-state index contributed by atoms with van der Waals surface area (Å²) in [6.07, 6.45) is 2.48. The molecule has 0 aromatic heterocycles. The highest BCUT2D eigenvalue weighted by Crippen LogP contribution is 2.23. The highest BCUT2D eigenvalue weighted by atomic mass is 32.2. The van der Waals surface area contributed by atoms with E-state index in [1.165, 1.54) is 23.7 Å². The summed E-state index contributed by atoms with van der Waals surface area (Å²) >= 11 is 4.08. The van der Waals surface area contributed by atoms with Crippen LogP contribution in [0.3, 0.4) is 0 Å². The van der Waals surface area contributed by atoms with E-state index in [0.29, 0.717) is 12.2 Å². The largest absolute Gasteiger partial charge is 0.372 e. The molecule has 2 heterocycles. The van der Waals surface area contributed by atoms with Crippen molar-refractivity contribution in [3.05, 3.63) is 0 Å². The lowest BCUT2D eigenvalue weighted by atomic mass is 10.4. The molecule has 0 aromatic carbocycles. The Labute approximate surface area is 94.5 Å². The van der Waals surface area contributed by atoms with Gasteiger partial charge in [-0.3, -0.25) is 0 Å². The van der Waals surface area contributed by atoms with E-state index < -0.39 is 0 Å². The lowest BCUT2D eigenvalue weighted by Gasteiger charge is -2.09. The van der Waals surface area contributed by atoms with E-state index in [1.54, 1.807) is 0 Å². The van der Waals surface area contributed by atoms with Crippen LogP contribution in [0.1, 0.15) is 13.3 Å². The van der Waals surface area contributed by atoms with Gasteiger partial charge < -0.3 is 9.47 Å². The van der Waals surface area contributed by atoms with Gasteiger partial charge in [-0.15, -0.1) is 0 Å². The van der Waals surface area contributed by atoms with Crippen LogP contribution in [-0.2, 0) is 9.47 Å². The average molecular weight is 234 g/mol. The minimum atomic E-state index is 0.579. The van der Waals surface area contributed by atoms with Crippen molar-refractivity contribution in [2.75, 3.05) is 30.5 Å². The monoisotopic (exact) mass is 234 g/mol. The van der Waals surface area contributed by atoms with E-state index in [1.807, 2.05) is 11.8 Å². The Kier molecular flexibility index (Phi) is 4.47. The van der Waals surface area contributed by atoms with E-state index in [2.05, 4.69) is 18.7 Å². The number of rotatable bonds is 8. The molecular weight excluding hydrogens is 216 g/mol. The Morgan fingerprint density at radius 1 is 1.21 bits per heavy atom. The number of thioether (sulfide) groups is 2. The van der Waals surface area contributed by atoms with Crippen molar-refractivity contribution >= 4 is 23.5 Å². The number of epoxide rings is 2. The summed E-state index contributed by atoms with van der Waals surface area (Å²) in [5.41, 5.74) is 0. The van der Waals surface area contributed by atoms with Crippen molar-refractivity contribution in [2.45, 2.75) is 30.8 Å². The van der Waals surface area contributed by atoms with Gasteiger partial charge in [0.15, 0.2) is 0 Å². The molecule has 0 radical (unpaired) electrons. The molecule has 0 amide bonds. The predicted molar refractivity (Wildman–Crippen MR) is 63.3 cm³/mol. The zero-order valence-corrected chi connectivity index (χ0v) is 10.2. The molecule has 0 bridgehead atoms. The second kappa shape index (κ2) is 5.64. The molecule has 2 fully saturated rings. The highest BCUT2D eigenvalue weighted by Gasteiger charge is 2.23. The normalized spacial score (nSPS) is 31.5. The molecule has 2 nitrogen and oxygen atoms in total. The van der Waals surface area contributed by atoms with E-state index >= 15 is 0 Å². The SMILES string of the molecule is CC(CCSCC1CO1)SCC1CO1. The van der Waals surface area contributed by atoms with Crippen LogP contribution < -0.4 is 0 Å². The second-order valence-electron chi connectivity index (χ2n) is 3.92. The summed E-state index contributed by atoms with van der Waals surface area (Å²) in [5.74, 6) is 3.67. The van der Waals surface area contributed by atoms with Gasteiger partial charge in [0.1, 0.15) is 0 Å². The fourth-order valence-electron chi connectivity index (χ4n) is 1.15. The summed E-state index contributed by atoms with van der Waals surface area (Å²) in [7, 11) is 0. The van der Waals surface area contributed by atoms with Gasteiger partial charge in [0.05, 0.1) is 25.4 Å². The third kappa shape index (κ3) is 4.91. The van der Waals surface area contributed by atoms with E-state index in [-0.39, 0.29) is 0 Å². The molecule has 2 saturated heterocycles. The highest BCUT2D eigenvalue weighted by molar-refractivity contribution is 8.00. The molecular formula is C10H18O2S2. The molecule has 0 aliphatic carbocycles. The van der Waals surface area contributed by atoms with Gasteiger partial charge in [-0.1, -0.05) is 6.92 Å². The summed E-state index contributed by atoms with van der Waals surface area (Å²) in [5, 5.41) is 0.784. The average Bonchev–Trinajstić information content (AvgIpc) is 3.02. The quantitative estimate of drug-likeness (QED) is 0.474. The van der Waals surface area contributed by atoms with Gasteiger partial charge >= 0.3 is 0 Å². The number of hydrogen-bond acceptors (Lipinski definition) is 4. The van der Waals surface area contributed by atoms with Crippen LogP contribution in [0, 0.1) is 0 Å². The summed E-state index contributed by atoms with van der Waals surface area (Å²) < 4.78 is 10.3. The lowest BCUT2D eigenvalue weighted by Crippen LogP contribution is -2.03. The van der Waals surface area contributed by atoms with Crippen LogP contribution in [0.4, 0.5) is 0 Å². The van der Waals surface area contributed by atoms with Crippen molar-refractivity contribution in [3.8, 4) is 0 Å². The van der Waals surface area contributed by atoms with Crippen molar-refractivity contribution in [1.82, 2.24) is 0 Å².